The first-order valence-electron chi connectivity index (χ1n) is 6.57. The molecule has 0 saturated carbocycles. The summed E-state index contributed by atoms with van der Waals surface area (Å²) in [5, 5.41) is 9.39. The maximum atomic E-state index is 9.39. The number of hydrogen-bond acceptors (Lipinski definition) is 4. The van der Waals surface area contributed by atoms with Crippen molar-refractivity contribution in [3.63, 3.8) is 0 Å². The van der Waals surface area contributed by atoms with Gasteiger partial charge in [-0.05, 0) is 11.6 Å². The van der Waals surface area contributed by atoms with E-state index in [4.69, 9.17) is 14.2 Å². The highest BCUT2D eigenvalue weighted by atomic mass is 16.7. The zero-order chi connectivity index (χ0) is 13.8. The summed E-state index contributed by atoms with van der Waals surface area (Å²) in [6, 6.07) is 13.7. The van der Waals surface area contributed by atoms with Crippen molar-refractivity contribution >= 4 is 0 Å². The number of rotatable bonds is 5. The lowest BCUT2D eigenvalue weighted by Gasteiger charge is -2.11. The van der Waals surface area contributed by atoms with Gasteiger partial charge >= 0.3 is 0 Å². The summed E-state index contributed by atoms with van der Waals surface area (Å²) in [7, 11) is 0. The molecule has 1 aliphatic heterocycles. The molecule has 0 unspecified atom stereocenters. The fourth-order valence-corrected chi connectivity index (χ4v) is 2.15. The van der Waals surface area contributed by atoms with Crippen molar-refractivity contribution < 1.29 is 19.3 Å². The summed E-state index contributed by atoms with van der Waals surface area (Å²) in [5.41, 5.74) is 1.93. The Bertz CT molecular complexity index is 581. The third-order valence-corrected chi connectivity index (χ3v) is 3.22. The molecular formula is C16H16O4. The largest absolute Gasteiger partial charge is 0.493 e. The van der Waals surface area contributed by atoms with Gasteiger partial charge in [-0.15, -0.1) is 0 Å². The summed E-state index contributed by atoms with van der Waals surface area (Å²) in [6.45, 7) is 0.682. The summed E-state index contributed by atoms with van der Waals surface area (Å²) < 4.78 is 16.4. The van der Waals surface area contributed by atoms with E-state index in [-0.39, 0.29) is 13.4 Å². The van der Waals surface area contributed by atoms with Crippen LogP contribution >= 0.6 is 0 Å². The molecule has 0 fully saturated rings. The van der Waals surface area contributed by atoms with Crippen molar-refractivity contribution in [3.05, 3.63) is 53.6 Å². The molecule has 1 N–H and O–H groups in total. The predicted octanol–water partition coefficient (Wildman–Crippen LogP) is 2.53. The van der Waals surface area contributed by atoms with Gasteiger partial charge in [-0.3, -0.25) is 0 Å². The zero-order valence-electron chi connectivity index (χ0n) is 11.0. The van der Waals surface area contributed by atoms with E-state index in [9.17, 15) is 5.11 Å². The van der Waals surface area contributed by atoms with E-state index in [1.807, 2.05) is 18.2 Å². The first-order chi connectivity index (χ1) is 9.86. The van der Waals surface area contributed by atoms with E-state index in [1.165, 1.54) is 5.56 Å². The molecule has 0 aliphatic carbocycles. The average molecular weight is 272 g/mol. The quantitative estimate of drug-likeness (QED) is 0.908. The fourth-order valence-electron chi connectivity index (χ4n) is 2.15. The van der Waals surface area contributed by atoms with Crippen LogP contribution in [0.3, 0.4) is 0 Å². The Morgan fingerprint density at radius 1 is 1.05 bits per heavy atom. The number of aliphatic hydroxyl groups is 1. The molecule has 4 nitrogen and oxygen atoms in total. The van der Waals surface area contributed by atoms with E-state index in [0.29, 0.717) is 29.4 Å². The number of hydrogen-bond donors (Lipinski definition) is 1. The molecule has 20 heavy (non-hydrogen) atoms. The molecular weight excluding hydrogens is 256 g/mol. The second-order valence-electron chi connectivity index (χ2n) is 4.56. The van der Waals surface area contributed by atoms with Gasteiger partial charge in [0.15, 0.2) is 11.5 Å². The van der Waals surface area contributed by atoms with Crippen LogP contribution in [0.1, 0.15) is 11.1 Å². The lowest BCUT2D eigenvalue weighted by Crippen LogP contribution is -2.03. The van der Waals surface area contributed by atoms with E-state index < -0.39 is 0 Å². The van der Waals surface area contributed by atoms with Gasteiger partial charge in [-0.25, -0.2) is 0 Å². The molecule has 0 amide bonds. The van der Waals surface area contributed by atoms with E-state index in [0.717, 1.165) is 6.42 Å². The summed E-state index contributed by atoms with van der Waals surface area (Å²) >= 11 is 0. The number of benzene rings is 2. The molecule has 1 heterocycles. The van der Waals surface area contributed by atoms with Crippen LogP contribution in [0.15, 0.2) is 42.5 Å². The van der Waals surface area contributed by atoms with Crippen molar-refractivity contribution in [2.75, 3.05) is 13.4 Å². The van der Waals surface area contributed by atoms with Crippen LogP contribution in [-0.4, -0.2) is 18.5 Å². The number of aliphatic hydroxyl groups excluding tert-OH is 1. The van der Waals surface area contributed by atoms with Crippen molar-refractivity contribution in [2.24, 2.45) is 0 Å². The van der Waals surface area contributed by atoms with E-state index in [2.05, 4.69) is 12.1 Å². The summed E-state index contributed by atoms with van der Waals surface area (Å²) in [5.74, 6) is 1.97. The van der Waals surface area contributed by atoms with Gasteiger partial charge in [0.05, 0.1) is 13.2 Å². The molecule has 0 aromatic heterocycles. The maximum Gasteiger partial charge on any atom is 0.231 e. The lowest BCUT2D eigenvalue weighted by molar-refractivity contribution is 0.173. The highest BCUT2D eigenvalue weighted by molar-refractivity contribution is 5.51. The van der Waals surface area contributed by atoms with Crippen LogP contribution in [0.2, 0.25) is 0 Å². The van der Waals surface area contributed by atoms with Crippen LogP contribution in [0.5, 0.6) is 17.2 Å². The molecule has 2 aromatic rings. The SMILES string of the molecule is OCc1cc2c(cc1OCCc1ccccc1)OCO2. The standard InChI is InChI=1S/C16H16O4/c17-10-13-8-15-16(20-11-19-15)9-14(13)18-7-6-12-4-2-1-3-5-12/h1-5,8-9,17H,6-7,10-11H2. The van der Waals surface area contributed by atoms with Crippen molar-refractivity contribution in [2.45, 2.75) is 13.0 Å². The summed E-state index contributed by atoms with van der Waals surface area (Å²) in [4.78, 5) is 0. The topological polar surface area (TPSA) is 47.9 Å². The third kappa shape index (κ3) is 2.70. The minimum atomic E-state index is -0.0860. The molecule has 2 aromatic carbocycles. The number of ether oxygens (including phenoxy) is 3. The van der Waals surface area contributed by atoms with Gasteiger partial charge < -0.3 is 19.3 Å². The maximum absolute atomic E-state index is 9.39. The molecule has 0 saturated heterocycles. The van der Waals surface area contributed by atoms with Crippen molar-refractivity contribution in [1.29, 1.82) is 0 Å². The Labute approximate surface area is 117 Å². The van der Waals surface area contributed by atoms with Crippen LogP contribution in [0, 0.1) is 0 Å². The highest BCUT2D eigenvalue weighted by Crippen LogP contribution is 2.38. The smallest absolute Gasteiger partial charge is 0.231 e. The second kappa shape index (κ2) is 5.84. The van der Waals surface area contributed by atoms with Crippen LogP contribution < -0.4 is 14.2 Å². The fraction of sp³-hybridized carbons (Fsp3) is 0.250. The predicted molar refractivity (Wildman–Crippen MR) is 74.1 cm³/mol. The van der Waals surface area contributed by atoms with Gasteiger partial charge in [-0.1, -0.05) is 30.3 Å². The third-order valence-electron chi connectivity index (χ3n) is 3.22. The van der Waals surface area contributed by atoms with Crippen molar-refractivity contribution in [3.8, 4) is 17.2 Å². The second-order valence-corrected chi connectivity index (χ2v) is 4.56. The Morgan fingerprint density at radius 2 is 1.80 bits per heavy atom. The lowest BCUT2D eigenvalue weighted by atomic mass is 10.1. The average Bonchev–Trinajstić information content (AvgIpc) is 2.94. The molecule has 104 valence electrons. The van der Waals surface area contributed by atoms with Crippen molar-refractivity contribution in [1.82, 2.24) is 0 Å². The minimum absolute atomic E-state index is 0.0860. The van der Waals surface area contributed by atoms with Gasteiger partial charge in [-0.2, -0.15) is 0 Å². The monoisotopic (exact) mass is 272 g/mol. The molecule has 0 bridgehead atoms. The van der Waals surface area contributed by atoms with Gasteiger partial charge in [0.1, 0.15) is 5.75 Å². The Kier molecular flexibility index (Phi) is 3.74. The zero-order valence-corrected chi connectivity index (χ0v) is 11.0. The number of fused-ring (bicyclic) bond motifs is 1. The van der Waals surface area contributed by atoms with Crippen LogP contribution in [-0.2, 0) is 13.0 Å². The minimum Gasteiger partial charge on any atom is -0.493 e. The summed E-state index contributed by atoms with van der Waals surface area (Å²) in [6.07, 6.45) is 0.820. The normalized spacial score (nSPS) is 12.4. The highest BCUT2D eigenvalue weighted by Gasteiger charge is 2.17. The Morgan fingerprint density at radius 3 is 2.55 bits per heavy atom. The molecule has 0 spiro atoms. The van der Waals surface area contributed by atoms with E-state index >= 15 is 0 Å². The first kappa shape index (κ1) is 12.8. The van der Waals surface area contributed by atoms with E-state index in [1.54, 1.807) is 12.1 Å². The van der Waals surface area contributed by atoms with Gasteiger partial charge in [0.25, 0.3) is 0 Å². The molecule has 4 heteroatoms. The van der Waals surface area contributed by atoms with Crippen LogP contribution in [0.4, 0.5) is 0 Å². The van der Waals surface area contributed by atoms with Gasteiger partial charge in [0.2, 0.25) is 6.79 Å². The molecule has 1 aliphatic rings. The first-order valence-corrected chi connectivity index (χ1v) is 6.57. The molecule has 3 rings (SSSR count). The Balaban J connectivity index is 1.68. The van der Waals surface area contributed by atoms with Gasteiger partial charge in [0, 0.05) is 18.1 Å². The molecule has 0 radical (unpaired) electrons. The molecule has 0 atom stereocenters. The van der Waals surface area contributed by atoms with Crippen LogP contribution in [0.25, 0.3) is 0 Å². The Hall–Kier alpha value is -2.20.